The minimum atomic E-state index is -1.04. The molecule has 3 amide bonds. The van der Waals surface area contributed by atoms with Crippen molar-refractivity contribution in [3.05, 3.63) is 64.7 Å². The highest BCUT2D eigenvalue weighted by molar-refractivity contribution is 6.30. The largest absolute Gasteiger partial charge is 0.452 e. The normalized spacial score (nSPS) is 13.9. The van der Waals surface area contributed by atoms with Crippen LogP contribution < -0.4 is 5.32 Å². The van der Waals surface area contributed by atoms with E-state index >= 15 is 0 Å². The number of benzene rings is 2. The van der Waals surface area contributed by atoms with E-state index in [1.807, 2.05) is 0 Å². The number of rotatable bonds is 6. The predicted octanol–water partition coefficient (Wildman–Crippen LogP) is 2.90. The highest BCUT2D eigenvalue weighted by Gasteiger charge is 2.35. The van der Waals surface area contributed by atoms with Crippen molar-refractivity contribution in [2.45, 2.75) is 19.4 Å². The maximum atomic E-state index is 12.3. The number of carbonyl (C=O) groups excluding carboxylic acids is 4. The fourth-order valence-corrected chi connectivity index (χ4v) is 2.86. The van der Waals surface area contributed by atoms with Gasteiger partial charge < -0.3 is 10.1 Å². The molecular formula is C20H17ClN2O5. The van der Waals surface area contributed by atoms with Crippen molar-refractivity contribution >= 4 is 41.0 Å². The SMILES string of the molecule is C[C@H](OC(=O)CCN1C(=O)c2ccccc2C1=O)C(=O)Nc1ccc(Cl)cc1. The molecule has 1 N–H and O–H groups in total. The van der Waals surface area contributed by atoms with Gasteiger partial charge in [-0.2, -0.15) is 0 Å². The fraction of sp³-hybridized carbons (Fsp3) is 0.200. The zero-order valence-electron chi connectivity index (χ0n) is 15.0. The number of esters is 1. The Morgan fingerprint density at radius 1 is 1.04 bits per heavy atom. The van der Waals surface area contributed by atoms with Crippen molar-refractivity contribution in [2.75, 3.05) is 11.9 Å². The van der Waals surface area contributed by atoms with Crippen molar-refractivity contribution < 1.29 is 23.9 Å². The van der Waals surface area contributed by atoms with E-state index in [1.165, 1.54) is 6.92 Å². The first-order chi connectivity index (χ1) is 13.4. The lowest BCUT2D eigenvalue weighted by atomic mass is 10.1. The van der Waals surface area contributed by atoms with E-state index in [0.29, 0.717) is 21.8 Å². The van der Waals surface area contributed by atoms with Gasteiger partial charge in [0, 0.05) is 17.3 Å². The molecule has 28 heavy (non-hydrogen) atoms. The Morgan fingerprint density at radius 2 is 1.61 bits per heavy atom. The molecule has 0 aromatic heterocycles. The molecular weight excluding hydrogens is 384 g/mol. The van der Waals surface area contributed by atoms with E-state index in [9.17, 15) is 19.2 Å². The van der Waals surface area contributed by atoms with Crippen LogP contribution in [0.4, 0.5) is 5.69 Å². The molecule has 0 radical (unpaired) electrons. The number of hydrogen-bond acceptors (Lipinski definition) is 5. The quantitative estimate of drug-likeness (QED) is 0.594. The Morgan fingerprint density at radius 3 is 2.18 bits per heavy atom. The molecule has 3 rings (SSSR count). The maximum Gasteiger partial charge on any atom is 0.308 e. The summed E-state index contributed by atoms with van der Waals surface area (Å²) in [7, 11) is 0. The van der Waals surface area contributed by atoms with Crippen LogP contribution in [0.5, 0.6) is 0 Å². The maximum absolute atomic E-state index is 12.3. The average molecular weight is 401 g/mol. The summed E-state index contributed by atoms with van der Waals surface area (Å²) in [5.41, 5.74) is 1.15. The van der Waals surface area contributed by atoms with Crippen LogP contribution in [0.25, 0.3) is 0 Å². The number of hydrogen-bond donors (Lipinski definition) is 1. The van der Waals surface area contributed by atoms with Crippen LogP contribution in [-0.4, -0.2) is 41.2 Å². The molecule has 1 heterocycles. The number of halogens is 1. The zero-order valence-corrected chi connectivity index (χ0v) is 15.7. The number of nitrogens with one attached hydrogen (secondary N) is 1. The fourth-order valence-electron chi connectivity index (χ4n) is 2.73. The molecule has 1 aliphatic rings. The Bertz CT molecular complexity index is 907. The van der Waals surface area contributed by atoms with Crippen molar-refractivity contribution in [1.82, 2.24) is 4.90 Å². The number of nitrogens with zero attached hydrogens (tertiary/aromatic N) is 1. The molecule has 0 saturated carbocycles. The minimum Gasteiger partial charge on any atom is -0.452 e. The van der Waals surface area contributed by atoms with Gasteiger partial charge in [0.15, 0.2) is 6.10 Å². The van der Waals surface area contributed by atoms with Crippen LogP contribution >= 0.6 is 11.6 Å². The Hall–Kier alpha value is -3.19. The number of imide groups is 1. The van der Waals surface area contributed by atoms with Crippen molar-refractivity contribution in [3.63, 3.8) is 0 Å². The molecule has 0 spiro atoms. The van der Waals surface area contributed by atoms with Gasteiger partial charge in [-0.1, -0.05) is 23.7 Å². The molecule has 2 aromatic rings. The second-order valence-corrected chi connectivity index (χ2v) is 6.62. The third kappa shape index (κ3) is 4.20. The predicted molar refractivity (Wildman–Crippen MR) is 102 cm³/mol. The highest BCUT2D eigenvalue weighted by atomic mass is 35.5. The second-order valence-electron chi connectivity index (χ2n) is 6.19. The molecule has 144 valence electrons. The molecule has 1 aliphatic heterocycles. The van der Waals surface area contributed by atoms with Crippen LogP contribution in [0.1, 0.15) is 34.1 Å². The Kier molecular flexibility index (Phi) is 5.75. The van der Waals surface area contributed by atoms with Gasteiger partial charge in [-0.05, 0) is 43.3 Å². The standard InChI is InChI=1S/C20H17ClN2O5/c1-12(18(25)22-14-8-6-13(21)7-9-14)28-17(24)10-11-23-19(26)15-4-2-3-5-16(15)20(23)27/h2-9,12H,10-11H2,1H3,(H,22,25)/t12-/m0/s1. The summed E-state index contributed by atoms with van der Waals surface area (Å²) >= 11 is 5.78. The van der Waals surface area contributed by atoms with E-state index in [2.05, 4.69) is 5.32 Å². The smallest absolute Gasteiger partial charge is 0.308 e. The monoisotopic (exact) mass is 400 g/mol. The van der Waals surface area contributed by atoms with Crippen LogP contribution in [-0.2, 0) is 14.3 Å². The van der Waals surface area contributed by atoms with E-state index in [1.54, 1.807) is 48.5 Å². The molecule has 0 saturated heterocycles. The molecule has 8 heteroatoms. The molecule has 1 atom stereocenters. The summed E-state index contributed by atoms with van der Waals surface area (Å²) in [6.45, 7) is 1.32. The van der Waals surface area contributed by atoms with Gasteiger partial charge in [0.25, 0.3) is 17.7 Å². The lowest BCUT2D eigenvalue weighted by Gasteiger charge is -2.16. The van der Waals surface area contributed by atoms with Crippen molar-refractivity contribution in [1.29, 1.82) is 0 Å². The van der Waals surface area contributed by atoms with Gasteiger partial charge in [0.05, 0.1) is 17.5 Å². The molecule has 0 aliphatic carbocycles. The highest BCUT2D eigenvalue weighted by Crippen LogP contribution is 2.22. The number of anilines is 1. The average Bonchev–Trinajstić information content (AvgIpc) is 2.92. The van der Waals surface area contributed by atoms with Gasteiger partial charge in [-0.3, -0.25) is 24.1 Å². The number of amides is 3. The van der Waals surface area contributed by atoms with Gasteiger partial charge in [0.1, 0.15) is 0 Å². The van der Waals surface area contributed by atoms with Crippen LogP contribution in [0.3, 0.4) is 0 Å². The minimum absolute atomic E-state index is 0.114. The summed E-state index contributed by atoms with van der Waals surface area (Å²) in [5, 5.41) is 3.14. The number of ether oxygens (including phenoxy) is 1. The van der Waals surface area contributed by atoms with E-state index in [-0.39, 0.29) is 13.0 Å². The summed E-state index contributed by atoms with van der Waals surface area (Å²) in [4.78, 5) is 49.7. The zero-order chi connectivity index (χ0) is 20.3. The molecule has 2 aromatic carbocycles. The molecule has 0 bridgehead atoms. The Labute approximate surface area is 166 Å². The van der Waals surface area contributed by atoms with Gasteiger partial charge in [-0.15, -0.1) is 0 Å². The first-order valence-corrected chi connectivity index (χ1v) is 8.96. The van der Waals surface area contributed by atoms with E-state index in [4.69, 9.17) is 16.3 Å². The first kappa shape index (κ1) is 19.6. The van der Waals surface area contributed by atoms with Crippen LogP contribution in [0.2, 0.25) is 5.02 Å². The topological polar surface area (TPSA) is 92.8 Å². The summed E-state index contributed by atoms with van der Waals surface area (Å²) in [6.07, 6.45) is -1.24. The molecule has 0 fully saturated rings. The van der Waals surface area contributed by atoms with E-state index in [0.717, 1.165) is 4.90 Å². The second kappa shape index (κ2) is 8.22. The van der Waals surface area contributed by atoms with Crippen molar-refractivity contribution in [3.8, 4) is 0 Å². The number of fused-ring (bicyclic) bond motifs is 1. The van der Waals surface area contributed by atoms with Gasteiger partial charge in [-0.25, -0.2) is 0 Å². The van der Waals surface area contributed by atoms with Gasteiger partial charge in [0.2, 0.25) is 0 Å². The van der Waals surface area contributed by atoms with E-state index < -0.39 is 29.8 Å². The Balaban J connectivity index is 1.50. The van der Waals surface area contributed by atoms with Crippen LogP contribution in [0, 0.1) is 0 Å². The first-order valence-electron chi connectivity index (χ1n) is 8.58. The molecule has 7 nitrogen and oxygen atoms in total. The van der Waals surface area contributed by atoms with Crippen molar-refractivity contribution in [2.24, 2.45) is 0 Å². The molecule has 0 unspecified atom stereocenters. The third-order valence-electron chi connectivity index (χ3n) is 4.21. The van der Waals surface area contributed by atoms with Crippen LogP contribution in [0.15, 0.2) is 48.5 Å². The lowest BCUT2D eigenvalue weighted by Crippen LogP contribution is -2.34. The summed E-state index contributed by atoms with van der Waals surface area (Å²) < 4.78 is 5.09. The lowest BCUT2D eigenvalue weighted by molar-refractivity contribution is -0.153. The summed E-state index contributed by atoms with van der Waals surface area (Å²) in [5.74, 6) is -2.07. The third-order valence-corrected chi connectivity index (χ3v) is 4.46. The van der Waals surface area contributed by atoms with Gasteiger partial charge >= 0.3 is 5.97 Å². The summed E-state index contributed by atoms with van der Waals surface area (Å²) in [6, 6.07) is 13.0. The number of carbonyl (C=O) groups is 4.